The molecule has 4 nitrogen and oxygen atoms in total. The molecular formula is C22H28N4. The fourth-order valence-corrected chi connectivity index (χ4v) is 3.90. The summed E-state index contributed by atoms with van der Waals surface area (Å²) in [6.45, 7) is 3.06. The number of anilines is 1. The Kier molecular flexibility index (Phi) is 4.83. The molecule has 4 heteroatoms. The van der Waals surface area contributed by atoms with Crippen molar-refractivity contribution in [3.05, 3.63) is 66.2 Å². The monoisotopic (exact) mass is 348 g/mol. The summed E-state index contributed by atoms with van der Waals surface area (Å²) < 4.78 is 0. The Labute approximate surface area is 156 Å². The molecular weight excluding hydrogens is 320 g/mol. The Morgan fingerprint density at radius 3 is 2.42 bits per heavy atom. The number of aliphatic imine (C=N–C) groups is 1. The van der Waals surface area contributed by atoms with E-state index in [9.17, 15) is 0 Å². The van der Waals surface area contributed by atoms with Crippen molar-refractivity contribution >= 4 is 11.6 Å². The van der Waals surface area contributed by atoms with E-state index in [1.165, 1.54) is 24.1 Å². The third-order valence-electron chi connectivity index (χ3n) is 5.71. The molecule has 136 valence electrons. The van der Waals surface area contributed by atoms with Gasteiger partial charge in [-0.25, -0.2) is 0 Å². The minimum Gasteiger partial charge on any atom is -0.369 e. The van der Waals surface area contributed by atoms with Crippen LogP contribution in [0.15, 0.2) is 65.7 Å². The first-order valence-corrected chi connectivity index (χ1v) is 9.62. The molecule has 1 aliphatic heterocycles. The number of benzene rings is 2. The predicted octanol–water partition coefficient (Wildman–Crippen LogP) is 3.16. The van der Waals surface area contributed by atoms with Crippen molar-refractivity contribution in [1.82, 2.24) is 10.6 Å². The molecule has 1 heterocycles. The lowest BCUT2D eigenvalue weighted by Crippen LogP contribution is -2.46. The highest BCUT2D eigenvalue weighted by Gasteiger charge is 2.44. The van der Waals surface area contributed by atoms with E-state index in [2.05, 4.69) is 81.2 Å². The molecule has 1 unspecified atom stereocenters. The van der Waals surface area contributed by atoms with Crippen LogP contribution in [0.3, 0.4) is 0 Å². The van der Waals surface area contributed by atoms with E-state index in [4.69, 9.17) is 0 Å². The van der Waals surface area contributed by atoms with Crippen LogP contribution in [0.2, 0.25) is 0 Å². The van der Waals surface area contributed by atoms with Crippen LogP contribution in [0.4, 0.5) is 5.69 Å². The highest BCUT2D eigenvalue weighted by Crippen LogP contribution is 2.47. The molecule has 0 radical (unpaired) electrons. The van der Waals surface area contributed by atoms with E-state index in [1.807, 2.05) is 7.05 Å². The smallest absolute Gasteiger partial charge is 0.191 e. The molecule has 1 saturated heterocycles. The molecule has 1 atom stereocenters. The normalized spacial score (nSPS) is 21.5. The molecule has 2 N–H and O–H groups in total. The van der Waals surface area contributed by atoms with Crippen molar-refractivity contribution in [1.29, 1.82) is 0 Å². The van der Waals surface area contributed by atoms with Crippen molar-refractivity contribution in [3.63, 3.8) is 0 Å². The summed E-state index contributed by atoms with van der Waals surface area (Å²) in [7, 11) is 1.86. The Hall–Kier alpha value is -2.49. The van der Waals surface area contributed by atoms with Crippen molar-refractivity contribution < 1.29 is 0 Å². The van der Waals surface area contributed by atoms with Gasteiger partial charge >= 0.3 is 0 Å². The summed E-state index contributed by atoms with van der Waals surface area (Å²) in [5, 5.41) is 7.19. The van der Waals surface area contributed by atoms with Crippen LogP contribution >= 0.6 is 0 Å². The van der Waals surface area contributed by atoms with Gasteiger partial charge in [0.25, 0.3) is 0 Å². The molecule has 0 amide bonds. The molecule has 1 aliphatic carbocycles. The predicted molar refractivity (Wildman–Crippen MR) is 109 cm³/mol. The summed E-state index contributed by atoms with van der Waals surface area (Å²) in [5.41, 5.74) is 3.05. The van der Waals surface area contributed by atoms with E-state index < -0.39 is 0 Å². The summed E-state index contributed by atoms with van der Waals surface area (Å²) in [4.78, 5) is 6.89. The zero-order chi connectivity index (χ0) is 17.8. The van der Waals surface area contributed by atoms with E-state index in [-0.39, 0.29) is 0 Å². The molecule has 2 aliphatic rings. The van der Waals surface area contributed by atoms with Crippen LogP contribution in [0, 0.1) is 0 Å². The van der Waals surface area contributed by atoms with Gasteiger partial charge in [-0.15, -0.1) is 0 Å². The van der Waals surface area contributed by atoms with Crippen LogP contribution in [0.1, 0.15) is 24.8 Å². The maximum Gasteiger partial charge on any atom is 0.191 e. The maximum absolute atomic E-state index is 4.45. The Balaban J connectivity index is 1.31. The summed E-state index contributed by atoms with van der Waals surface area (Å²) >= 11 is 0. The van der Waals surface area contributed by atoms with E-state index in [1.54, 1.807) is 0 Å². The SMILES string of the molecule is CN=C(NCC1(c2ccccc2)CC1)NC1CCN(c2ccccc2)C1. The van der Waals surface area contributed by atoms with Crippen molar-refractivity contribution in [2.24, 2.45) is 4.99 Å². The second-order valence-corrected chi connectivity index (χ2v) is 7.48. The van der Waals surface area contributed by atoms with Crippen LogP contribution in [-0.4, -0.2) is 38.7 Å². The van der Waals surface area contributed by atoms with E-state index in [0.717, 1.165) is 32.0 Å². The van der Waals surface area contributed by atoms with Crippen LogP contribution < -0.4 is 15.5 Å². The third kappa shape index (κ3) is 3.69. The van der Waals surface area contributed by atoms with E-state index in [0.29, 0.717) is 11.5 Å². The van der Waals surface area contributed by atoms with Gasteiger partial charge in [0.2, 0.25) is 0 Å². The van der Waals surface area contributed by atoms with E-state index >= 15 is 0 Å². The summed E-state index contributed by atoms with van der Waals surface area (Å²) in [5.74, 6) is 0.923. The minimum absolute atomic E-state index is 0.296. The van der Waals surface area contributed by atoms with Gasteiger partial charge in [0, 0.05) is 43.8 Å². The molecule has 0 aromatic heterocycles. The van der Waals surface area contributed by atoms with Crippen molar-refractivity contribution in [3.8, 4) is 0 Å². The number of rotatable bonds is 5. The first-order valence-electron chi connectivity index (χ1n) is 9.62. The van der Waals surface area contributed by atoms with Gasteiger partial charge in [-0.1, -0.05) is 48.5 Å². The highest BCUT2D eigenvalue weighted by molar-refractivity contribution is 5.80. The number of guanidine groups is 1. The average Bonchev–Trinajstić information content (AvgIpc) is 3.36. The van der Waals surface area contributed by atoms with Gasteiger partial charge in [-0.05, 0) is 37.0 Å². The quantitative estimate of drug-likeness (QED) is 0.644. The maximum atomic E-state index is 4.45. The van der Waals surface area contributed by atoms with Gasteiger partial charge in [-0.3, -0.25) is 4.99 Å². The lowest BCUT2D eigenvalue weighted by molar-refractivity contribution is 0.614. The zero-order valence-corrected chi connectivity index (χ0v) is 15.5. The van der Waals surface area contributed by atoms with Gasteiger partial charge in [0.05, 0.1) is 0 Å². The topological polar surface area (TPSA) is 39.7 Å². The second-order valence-electron chi connectivity index (χ2n) is 7.48. The third-order valence-corrected chi connectivity index (χ3v) is 5.71. The highest BCUT2D eigenvalue weighted by atomic mass is 15.2. The van der Waals surface area contributed by atoms with Crippen LogP contribution in [0.5, 0.6) is 0 Å². The van der Waals surface area contributed by atoms with Gasteiger partial charge < -0.3 is 15.5 Å². The zero-order valence-electron chi connectivity index (χ0n) is 15.5. The molecule has 1 saturated carbocycles. The number of hydrogen-bond acceptors (Lipinski definition) is 2. The number of para-hydroxylation sites is 1. The van der Waals surface area contributed by atoms with Crippen molar-refractivity contribution in [2.75, 3.05) is 31.6 Å². The lowest BCUT2D eigenvalue weighted by Gasteiger charge is -2.22. The molecule has 4 rings (SSSR count). The fourth-order valence-electron chi connectivity index (χ4n) is 3.90. The van der Waals surface area contributed by atoms with Crippen LogP contribution in [0.25, 0.3) is 0 Å². The Morgan fingerprint density at radius 1 is 1.08 bits per heavy atom. The molecule has 2 aromatic rings. The van der Waals surface area contributed by atoms with Crippen molar-refractivity contribution in [2.45, 2.75) is 30.7 Å². The van der Waals surface area contributed by atoms with Gasteiger partial charge in [0.1, 0.15) is 0 Å². The first kappa shape index (κ1) is 17.0. The standard InChI is InChI=1S/C22H28N4/c1-23-21(24-17-22(13-14-22)18-8-4-2-5-9-18)25-19-12-15-26(16-19)20-10-6-3-7-11-20/h2-11,19H,12-17H2,1H3,(H2,23,24,25). The Morgan fingerprint density at radius 2 is 1.77 bits per heavy atom. The molecule has 26 heavy (non-hydrogen) atoms. The lowest BCUT2D eigenvalue weighted by atomic mass is 9.96. The Bertz CT molecular complexity index is 737. The fraction of sp³-hybridized carbons (Fsp3) is 0.409. The largest absolute Gasteiger partial charge is 0.369 e. The number of hydrogen-bond donors (Lipinski definition) is 2. The molecule has 2 fully saturated rings. The minimum atomic E-state index is 0.296. The average molecular weight is 348 g/mol. The van der Waals surface area contributed by atoms with Crippen LogP contribution in [-0.2, 0) is 5.41 Å². The molecule has 0 spiro atoms. The van der Waals surface area contributed by atoms with Gasteiger partial charge in [-0.2, -0.15) is 0 Å². The summed E-state index contributed by atoms with van der Waals surface area (Å²) in [6.07, 6.45) is 3.65. The molecule has 2 aromatic carbocycles. The number of nitrogens with one attached hydrogen (secondary N) is 2. The summed E-state index contributed by atoms with van der Waals surface area (Å²) in [6, 6.07) is 22.0. The first-order chi connectivity index (χ1) is 12.8. The van der Waals surface area contributed by atoms with Gasteiger partial charge in [0.15, 0.2) is 5.96 Å². The second kappa shape index (κ2) is 7.40. The molecule has 0 bridgehead atoms. The number of nitrogens with zero attached hydrogens (tertiary/aromatic N) is 2.